The van der Waals surface area contributed by atoms with Crippen LogP contribution in [0.5, 0.6) is 5.75 Å². The number of carbonyl (C=O) groups is 1. The van der Waals surface area contributed by atoms with Gasteiger partial charge in [-0.3, -0.25) is 13.9 Å². The number of carbonyl (C=O) groups excluding carboxylic acids is 1. The van der Waals surface area contributed by atoms with E-state index >= 15 is 4.39 Å². The molecule has 0 bridgehead atoms. The normalized spacial score (nSPS) is 11.1. The molecule has 0 radical (unpaired) electrons. The molecule has 0 aliphatic carbocycles. The van der Waals surface area contributed by atoms with Gasteiger partial charge in [0.25, 0.3) is 0 Å². The fraction of sp³-hybridized carbons (Fsp3) is 0.133. The zero-order valence-corrected chi connectivity index (χ0v) is 21.9. The van der Waals surface area contributed by atoms with Gasteiger partial charge < -0.3 is 10.1 Å². The summed E-state index contributed by atoms with van der Waals surface area (Å²) in [6.07, 6.45) is 0. The Morgan fingerprint density at radius 1 is 1.00 bits per heavy atom. The number of anilines is 1. The number of nitrogens with zero attached hydrogens (tertiary/aromatic N) is 2. The van der Waals surface area contributed by atoms with Crippen LogP contribution in [0.3, 0.4) is 0 Å². The molecule has 198 valence electrons. The molecule has 5 aromatic rings. The van der Waals surface area contributed by atoms with Crippen molar-refractivity contribution in [1.82, 2.24) is 9.13 Å². The maximum Gasteiger partial charge on any atom is 0.329 e. The van der Waals surface area contributed by atoms with Crippen molar-refractivity contribution in [3.8, 4) is 16.9 Å². The molecule has 1 amide bonds. The Labute approximate surface area is 228 Å². The maximum atomic E-state index is 15.3. The van der Waals surface area contributed by atoms with E-state index in [2.05, 4.69) is 5.32 Å². The fourth-order valence-electron chi connectivity index (χ4n) is 4.57. The highest BCUT2D eigenvalue weighted by atomic mass is 35.5. The van der Waals surface area contributed by atoms with Gasteiger partial charge in [-0.1, -0.05) is 41.9 Å². The molecule has 0 saturated heterocycles. The molecule has 1 aromatic heterocycles. The van der Waals surface area contributed by atoms with Crippen molar-refractivity contribution in [3.63, 3.8) is 0 Å². The van der Waals surface area contributed by atoms with Gasteiger partial charge in [0, 0.05) is 23.3 Å². The van der Waals surface area contributed by atoms with E-state index in [9.17, 15) is 14.0 Å². The van der Waals surface area contributed by atoms with Crippen LogP contribution in [-0.4, -0.2) is 15.0 Å². The number of amides is 1. The van der Waals surface area contributed by atoms with E-state index in [4.69, 9.17) is 16.3 Å². The van der Waals surface area contributed by atoms with Crippen molar-refractivity contribution in [2.24, 2.45) is 7.05 Å². The van der Waals surface area contributed by atoms with Crippen molar-refractivity contribution >= 4 is 34.2 Å². The summed E-state index contributed by atoms with van der Waals surface area (Å²) in [7, 11) is 1.58. The van der Waals surface area contributed by atoms with E-state index < -0.39 is 23.2 Å². The zero-order chi connectivity index (χ0) is 27.7. The lowest BCUT2D eigenvalue weighted by molar-refractivity contribution is -0.116. The van der Waals surface area contributed by atoms with Crippen LogP contribution in [0.4, 0.5) is 14.5 Å². The Bertz CT molecular complexity index is 1720. The monoisotopic (exact) mass is 547 g/mol. The number of halogens is 3. The molecule has 0 aliphatic heterocycles. The topological polar surface area (TPSA) is 65.3 Å². The van der Waals surface area contributed by atoms with Crippen LogP contribution in [0.15, 0.2) is 83.7 Å². The van der Waals surface area contributed by atoms with Crippen LogP contribution in [0.1, 0.15) is 11.1 Å². The predicted molar refractivity (Wildman–Crippen MR) is 148 cm³/mol. The second-order valence-electron chi connectivity index (χ2n) is 9.18. The number of aryl methyl sites for hydroxylation is 2. The van der Waals surface area contributed by atoms with E-state index in [-0.39, 0.29) is 18.9 Å². The number of rotatable bonds is 7. The van der Waals surface area contributed by atoms with Crippen LogP contribution in [0, 0.1) is 18.6 Å². The molecule has 0 unspecified atom stereocenters. The summed E-state index contributed by atoms with van der Waals surface area (Å²) in [5.74, 6) is -1.30. The summed E-state index contributed by atoms with van der Waals surface area (Å²) in [4.78, 5) is 25.9. The average molecular weight is 548 g/mol. The summed E-state index contributed by atoms with van der Waals surface area (Å²) in [6.45, 7) is 1.67. The molecule has 39 heavy (non-hydrogen) atoms. The van der Waals surface area contributed by atoms with Gasteiger partial charge in [0.15, 0.2) is 11.6 Å². The van der Waals surface area contributed by atoms with Gasteiger partial charge in [0.1, 0.15) is 19.0 Å². The quantitative estimate of drug-likeness (QED) is 0.254. The van der Waals surface area contributed by atoms with Gasteiger partial charge in [-0.25, -0.2) is 13.6 Å². The molecule has 0 aliphatic rings. The minimum atomic E-state index is -0.544. The maximum absolute atomic E-state index is 15.3. The number of hydrogen-bond acceptors (Lipinski definition) is 3. The number of benzene rings is 4. The van der Waals surface area contributed by atoms with Crippen LogP contribution in [-0.2, 0) is 25.0 Å². The highest BCUT2D eigenvalue weighted by Gasteiger charge is 2.20. The molecule has 0 atom stereocenters. The van der Waals surface area contributed by atoms with E-state index in [1.807, 2.05) is 30.3 Å². The molecule has 1 N–H and O–H groups in total. The Hall–Kier alpha value is -4.43. The van der Waals surface area contributed by atoms with Gasteiger partial charge in [-0.2, -0.15) is 0 Å². The van der Waals surface area contributed by atoms with E-state index in [0.717, 1.165) is 5.56 Å². The van der Waals surface area contributed by atoms with Gasteiger partial charge in [0.05, 0.1) is 11.0 Å². The first kappa shape index (κ1) is 26.2. The lowest BCUT2D eigenvalue weighted by atomic mass is 10.0. The first-order valence-electron chi connectivity index (χ1n) is 12.1. The van der Waals surface area contributed by atoms with Gasteiger partial charge in [0.2, 0.25) is 5.91 Å². The molecule has 6 nitrogen and oxygen atoms in total. The fourth-order valence-corrected chi connectivity index (χ4v) is 4.78. The minimum absolute atomic E-state index is 0.143. The molecule has 0 saturated carbocycles. The Morgan fingerprint density at radius 3 is 2.41 bits per heavy atom. The highest BCUT2D eigenvalue weighted by Crippen LogP contribution is 2.35. The smallest absolute Gasteiger partial charge is 0.329 e. The van der Waals surface area contributed by atoms with Crippen LogP contribution >= 0.6 is 11.6 Å². The molecular weight excluding hydrogens is 524 g/mol. The first-order chi connectivity index (χ1) is 18.7. The largest absolute Gasteiger partial charge is 0.486 e. The number of ether oxygens (including phenoxy) is 1. The van der Waals surface area contributed by atoms with E-state index in [0.29, 0.717) is 38.4 Å². The first-order valence-corrected chi connectivity index (χ1v) is 12.5. The van der Waals surface area contributed by atoms with Crippen LogP contribution < -0.4 is 15.7 Å². The second kappa shape index (κ2) is 10.7. The van der Waals surface area contributed by atoms with Crippen LogP contribution in [0.25, 0.3) is 22.2 Å². The SMILES string of the molecule is Cc1cc(-c2cc(Cl)cc3c2n(C)c(=O)n3CC(=O)Nc2ccc(F)cc2)cc(F)c1OCc1ccccc1. The van der Waals surface area contributed by atoms with Gasteiger partial charge in [-0.05, 0) is 72.1 Å². The van der Waals surface area contributed by atoms with E-state index in [1.165, 1.54) is 39.5 Å². The predicted octanol–water partition coefficient (Wildman–Crippen LogP) is 6.46. The summed E-state index contributed by atoms with van der Waals surface area (Å²) >= 11 is 6.44. The average Bonchev–Trinajstić information content (AvgIpc) is 3.14. The lowest BCUT2D eigenvalue weighted by Gasteiger charge is -2.14. The summed E-state index contributed by atoms with van der Waals surface area (Å²) < 4.78 is 36.9. The molecular formula is C30H24ClF2N3O3. The van der Waals surface area contributed by atoms with Crippen molar-refractivity contribution < 1.29 is 18.3 Å². The molecule has 0 fully saturated rings. The molecule has 1 heterocycles. The minimum Gasteiger partial charge on any atom is -0.486 e. The van der Waals surface area contributed by atoms with Crippen molar-refractivity contribution in [3.05, 3.63) is 117 Å². The molecule has 4 aromatic carbocycles. The third-order valence-corrected chi connectivity index (χ3v) is 6.61. The van der Waals surface area contributed by atoms with Crippen molar-refractivity contribution in [1.29, 1.82) is 0 Å². The highest BCUT2D eigenvalue weighted by molar-refractivity contribution is 6.31. The third kappa shape index (κ3) is 5.42. The Balaban J connectivity index is 1.50. The number of nitrogens with one attached hydrogen (secondary N) is 1. The summed E-state index contributed by atoms with van der Waals surface area (Å²) in [6, 6.07) is 21.2. The summed E-state index contributed by atoms with van der Waals surface area (Å²) in [5.41, 5.74) is 3.41. The lowest BCUT2D eigenvalue weighted by Crippen LogP contribution is -2.28. The number of fused-ring (bicyclic) bond motifs is 1. The van der Waals surface area contributed by atoms with E-state index in [1.54, 1.807) is 32.2 Å². The summed E-state index contributed by atoms with van der Waals surface area (Å²) in [5, 5.41) is 2.97. The van der Waals surface area contributed by atoms with Crippen LogP contribution in [0.2, 0.25) is 5.02 Å². The second-order valence-corrected chi connectivity index (χ2v) is 9.62. The zero-order valence-electron chi connectivity index (χ0n) is 21.2. The van der Waals surface area contributed by atoms with Crippen molar-refractivity contribution in [2.45, 2.75) is 20.1 Å². The van der Waals surface area contributed by atoms with Crippen molar-refractivity contribution in [2.75, 3.05) is 5.32 Å². The molecule has 5 rings (SSSR count). The van der Waals surface area contributed by atoms with Gasteiger partial charge in [-0.15, -0.1) is 0 Å². The molecule has 9 heteroatoms. The van der Waals surface area contributed by atoms with Gasteiger partial charge >= 0.3 is 5.69 Å². The Kier molecular flexibility index (Phi) is 7.21. The third-order valence-electron chi connectivity index (χ3n) is 6.39. The molecule has 0 spiro atoms. The Morgan fingerprint density at radius 2 is 1.72 bits per heavy atom. The number of imidazole rings is 1. The number of hydrogen-bond donors (Lipinski definition) is 1. The number of aromatic nitrogens is 2. The standard InChI is InChI=1S/C30H24ClF2N3O3/c1-18-12-20(13-25(33)29(18)39-17-19-6-4-3-5-7-19)24-14-21(31)15-26-28(24)35(2)30(38)36(26)16-27(37)34-23-10-8-22(32)9-11-23/h3-15H,16-17H2,1-2H3,(H,34,37).